The van der Waals surface area contributed by atoms with E-state index in [1.165, 1.54) is 0 Å². The van der Waals surface area contributed by atoms with Crippen LogP contribution in [0.5, 0.6) is 5.75 Å². The molecule has 29 heavy (non-hydrogen) atoms. The van der Waals surface area contributed by atoms with Gasteiger partial charge in [-0.2, -0.15) is 4.98 Å². The number of carbonyl (C=O) groups excluding carboxylic acids is 2. The maximum absolute atomic E-state index is 12.3. The Hall–Kier alpha value is -2.90. The van der Waals surface area contributed by atoms with E-state index in [0.29, 0.717) is 63.6 Å². The molecule has 1 aromatic heterocycles. The molecule has 2 heterocycles. The summed E-state index contributed by atoms with van der Waals surface area (Å²) >= 11 is 0. The number of carbonyl (C=O) groups is 2. The van der Waals surface area contributed by atoms with Crippen LogP contribution in [0.4, 0.5) is 0 Å². The summed E-state index contributed by atoms with van der Waals surface area (Å²) < 4.78 is 10.6. The predicted molar refractivity (Wildman–Crippen MR) is 106 cm³/mol. The van der Waals surface area contributed by atoms with Crippen LogP contribution < -0.4 is 10.1 Å². The average molecular weight is 400 g/mol. The first kappa shape index (κ1) is 20.8. The molecule has 1 saturated heterocycles. The van der Waals surface area contributed by atoms with E-state index < -0.39 is 0 Å². The van der Waals surface area contributed by atoms with Gasteiger partial charge in [-0.15, -0.1) is 0 Å². The van der Waals surface area contributed by atoms with Gasteiger partial charge >= 0.3 is 0 Å². The van der Waals surface area contributed by atoms with Crippen molar-refractivity contribution in [2.75, 3.05) is 26.2 Å². The van der Waals surface area contributed by atoms with E-state index >= 15 is 0 Å². The second-order valence-corrected chi connectivity index (χ2v) is 7.20. The summed E-state index contributed by atoms with van der Waals surface area (Å²) in [5.74, 6) is 2.09. The van der Waals surface area contributed by atoms with Crippen molar-refractivity contribution in [2.45, 2.75) is 39.0 Å². The van der Waals surface area contributed by atoms with Crippen LogP contribution in [-0.4, -0.2) is 53.1 Å². The molecular formula is C21H28N4O4. The Morgan fingerprint density at radius 2 is 2.00 bits per heavy atom. The first-order chi connectivity index (χ1) is 14.1. The summed E-state index contributed by atoms with van der Waals surface area (Å²) in [5.41, 5.74) is 0. The number of amides is 2. The van der Waals surface area contributed by atoms with Crippen LogP contribution >= 0.6 is 0 Å². The second-order valence-electron chi connectivity index (χ2n) is 7.20. The van der Waals surface area contributed by atoms with Gasteiger partial charge in [0, 0.05) is 32.0 Å². The molecule has 0 radical (unpaired) electrons. The first-order valence-electron chi connectivity index (χ1n) is 10.1. The molecule has 1 N–H and O–H groups in total. The molecule has 8 heteroatoms. The van der Waals surface area contributed by atoms with E-state index in [1.807, 2.05) is 35.2 Å². The van der Waals surface area contributed by atoms with Crippen molar-refractivity contribution in [2.24, 2.45) is 5.92 Å². The molecule has 0 atom stereocenters. The van der Waals surface area contributed by atoms with Crippen molar-refractivity contribution in [3.63, 3.8) is 0 Å². The summed E-state index contributed by atoms with van der Waals surface area (Å²) in [7, 11) is 0. The van der Waals surface area contributed by atoms with Crippen LogP contribution in [0.1, 0.15) is 37.4 Å². The number of ether oxygens (including phenoxy) is 1. The average Bonchev–Trinajstić information content (AvgIpc) is 3.17. The highest BCUT2D eigenvalue weighted by Crippen LogP contribution is 2.18. The minimum Gasteiger partial charge on any atom is -0.493 e. The number of para-hydroxylation sites is 1. The molecule has 0 bridgehead atoms. The Morgan fingerprint density at radius 1 is 1.24 bits per heavy atom. The number of likely N-dealkylation sites (tertiary alicyclic amines) is 1. The SMILES string of the molecule is Cc1noc(CCCNC(=O)C2CCN(C(=O)CCOc3ccccc3)CC2)n1. The van der Waals surface area contributed by atoms with Gasteiger partial charge in [-0.1, -0.05) is 23.4 Å². The molecule has 1 fully saturated rings. The van der Waals surface area contributed by atoms with E-state index in [-0.39, 0.29) is 17.7 Å². The Labute approximate surface area is 170 Å². The highest BCUT2D eigenvalue weighted by atomic mass is 16.5. The van der Waals surface area contributed by atoms with Crippen molar-refractivity contribution in [1.29, 1.82) is 0 Å². The summed E-state index contributed by atoms with van der Waals surface area (Å²) in [6.45, 7) is 3.95. The fourth-order valence-electron chi connectivity index (χ4n) is 3.36. The number of hydrogen-bond acceptors (Lipinski definition) is 6. The zero-order valence-electron chi connectivity index (χ0n) is 16.8. The molecule has 0 unspecified atom stereocenters. The third-order valence-corrected chi connectivity index (χ3v) is 4.98. The largest absolute Gasteiger partial charge is 0.493 e. The maximum atomic E-state index is 12.3. The molecule has 1 aliphatic heterocycles. The van der Waals surface area contributed by atoms with Crippen molar-refractivity contribution >= 4 is 11.8 Å². The summed E-state index contributed by atoms with van der Waals surface area (Å²) in [6, 6.07) is 9.47. The van der Waals surface area contributed by atoms with Gasteiger partial charge in [0.2, 0.25) is 17.7 Å². The molecule has 0 aliphatic carbocycles. The molecule has 3 rings (SSSR count). The number of piperidine rings is 1. The number of nitrogens with zero attached hydrogens (tertiary/aromatic N) is 3. The Kier molecular flexibility index (Phi) is 7.61. The highest BCUT2D eigenvalue weighted by molar-refractivity contribution is 5.80. The van der Waals surface area contributed by atoms with Gasteiger partial charge in [-0.25, -0.2) is 0 Å². The van der Waals surface area contributed by atoms with Crippen molar-refractivity contribution in [3.05, 3.63) is 42.0 Å². The molecule has 2 amide bonds. The van der Waals surface area contributed by atoms with Gasteiger partial charge in [0.15, 0.2) is 5.82 Å². The molecule has 1 aliphatic rings. The molecule has 1 aromatic carbocycles. The predicted octanol–water partition coefficient (Wildman–Crippen LogP) is 2.13. The number of benzene rings is 1. The number of aromatic nitrogens is 2. The van der Waals surface area contributed by atoms with Crippen LogP contribution in [0.3, 0.4) is 0 Å². The standard InChI is InChI=1S/C21H28N4O4/c1-16-23-19(29-24-16)8-5-12-22-21(27)17-9-13-25(14-10-17)20(26)11-15-28-18-6-3-2-4-7-18/h2-4,6-7,17H,5,8-15H2,1H3,(H,22,27). The Balaban J connectivity index is 1.28. The monoisotopic (exact) mass is 400 g/mol. The van der Waals surface area contributed by atoms with Gasteiger partial charge in [0.25, 0.3) is 0 Å². The molecule has 2 aromatic rings. The highest BCUT2D eigenvalue weighted by Gasteiger charge is 2.26. The van der Waals surface area contributed by atoms with Crippen molar-refractivity contribution in [3.8, 4) is 5.75 Å². The Bertz CT molecular complexity index is 785. The first-order valence-corrected chi connectivity index (χ1v) is 10.1. The number of aryl methyl sites for hydroxylation is 2. The zero-order valence-corrected chi connectivity index (χ0v) is 16.8. The van der Waals surface area contributed by atoms with E-state index in [4.69, 9.17) is 9.26 Å². The van der Waals surface area contributed by atoms with Crippen molar-refractivity contribution < 1.29 is 18.8 Å². The minimum absolute atomic E-state index is 0.0368. The van der Waals surface area contributed by atoms with Gasteiger partial charge in [-0.05, 0) is 38.3 Å². The number of rotatable bonds is 9. The fraction of sp³-hybridized carbons (Fsp3) is 0.524. The van der Waals surface area contributed by atoms with E-state index in [9.17, 15) is 9.59 Å². The number of hydrogen-bond donors (Lipinski definition) is 1. The maximum Gasteiger partial charge on any atom is 0.226 e. The lowest BCUT2D eigenvalue weighted by molar-refractivity contribution is -0.136. The third kappa shape index (κ3) is 6.58. The van der Waals surface area contributed by atoms with Crippen LogP contribution in [-0.2, 0) is 16.0 Å². The van der Waals surface area contributed by atoms with Crippen LogP contribution in [0.15, 0.2) is 34.9 Å². The van der Waals surface area contributed by atoms with E-state index in [1.54, 1.807) is 6.92 Å². The smallest absolute Gasteiger partial charge is 0.226 e. The van der Waals surface area contributed by atoms with Crippen LogP contribution in [0, 0.1) is 12.8 Å². The number of nitrogens with one attached hydrogen (secondary N) is 1. The minimum atomic E-state index is -0.0368. The molecule has 156 valence electrons. The molecule has 8 nitrogen and oxygen atoms in total. The van der Waals surface area contributed by atoms with E-state index in [2.05, 4.69) is 15.5 Å². The lowest BCUT2D eigenvalue weighted by atomic mass is 9.95. The molecular weight excluding hydrogens is 372 g/mol. The van der Waals surface area contributed by atoms with Gasteiger partial charge in [0.05, 0.1) is 13.0 Å². The van der Waals surface area contributed by atoms with Crippen LogP contribution in [0.25, 0.3) is 0 Å². The van der Waals surface area contributed by atoms with Gasteiger partial charge in [0.1, 0.15) is 5.75 Å². The topological polar surface area (TPSA) is 97.6 Å². The quantitative estimate of drug-likeness (QED) is 0.648. The third-order valence-electron chi connectivity index (χ3n) is 4.98. The molecule has 0 spiro atoms. The summed E-state index contributed by atoms with van der Waals surface area (Å²) in [4.78, 5) is 30.6. The summed E-state index contributed by atoms with van der Waals surface area (Å²) in [5, 5.41) is 6.72. The lowest BCUT2D eigenvalue weighted by Crippen LogP contribution is -2.43. The summed E-state index contributed by atoms with van der Waals surface area (Å²) in [6.07, 6.45) is 3.14. The van der Waals surface area contributed by atoms with E-state index in [0.717, 1.165) is 12.2 Å². The van der Waals surface area contributed by atoms with Crippen LogP contribution in [0.2, 0.25) is 0 Å². The second kappa shape index (κ2) is 10.6. The van der Waals surface area contributed by atoms with Gasteiger partial charge in [-0.3, -0.25) is 9.59 Å². The zero-order chi connectivity index (χ0) is 20.5. The fourth-order valence-corrected chi connectivity index (χ4v) is 3.36. The molecule has 0 saturated carbocycles. The Morgan fingerprint density at radius 3 is 2.69 bits per heavy atom. The van der Waals surface area contributed by atoms with Gasteiger partial charge < -0.3 is 19.5 Å². The van der Waals surface area contributed by atoms with Crippen molar-refractivity contribution in [1.82, 2.24) is 20.4 Å². The lowest BCUT2D eigenvalue weighted by Gasteiger charge is -2.31. The normalized spacial score (nSPS) is 14.6.